The Balaban J connectivity index is 1.94. The van der Waals surface area contributed by atoms with Gasteiger partial charge >= 0.3 is 6.18 Å². The maximum atomic E-state index is 14.8. The molecule has 0 bridgehead atoms. The van der Waals surface area contributed by atoms with Gasteiger partial charge in [-0.3, -0.25) is 4.79 Å². The summed E-state index contributed by atoms with van der Waals surface area (Å²) in [6, 6.07) is 15.5. The van der Waals surface area contributed by atoms with Gasteiger partial charge in [0, 0.05) is 6.42 Å². The average molecular weight is 443 g/mol. The number of nitrogens with one attached hydrogen (secondary N) is 1. The summed E-state index contributed by atoms with van der Waals surface area (Å²) in [5.74, 6) is -0.806. The van der Waals surface area contributed by atoms with E-state index in [1.807, 2.05) is 49.4 Å². The van der Waals surface area contributed by atoms with Gasteiger partial charge < -0.3 is 10.1 Å². The van der Waals surface area contributed by atoms with E-state index in [9.17, 15) is 22.4 Å². The molecule has 2 atom stereocenters. The van der Waals surface area contributed by atoms with Crippen molar-refractivity contribution in [1.82, 2.24) is 0 Å². The van der Waals surface area contributed by atoms with Crippen molar-refractivity contribution < 1.29 is 27.1 Å². The minimum absolute atomic E-state index is 0.189. The highest BCUT2D eigenvalue weighted by Gasteiger charge is 2.45. The molecule has 32 heavy (non-hydrogen) atoms. The van der Waals surface area contributed by atoms with E-state index in [0.29, 0.717) is 12.5 Å². The van der Waals surface area contributed by atoms with Crippen LogP contribution in [-0.4, -0.2) is 12.6 Å². The fourth-order valence-corrected chi connectivity index (χ4v) is 4.50. The SMILES string of the molecule is Cc1ccc2c(c1)-c1ccccc1C2(CC(C)OC=O)Nc1cc(C(F)(F)F)ccc1F. The van der Waals surface area contributed by atoms with Gasteiger partial charge in [0.2, 0.25) is 0 Å². The van der Waals surface area contributed by atoms with Gasteiger partial charge in [-0.05, 0) is 54.3 Å². The number of ether oxygens (including phenoxy) is 1. The number of rotatable bonds is 6. The summed E-state index contributed by atoms with van der Waals surface area (Å²) in [6.07, 6.45) is -5.02. The molecule has 0 amide bonds. The number of carbonyl (C=O) groups excluding carboxylic acids is 1. The van der Waals surface area contributed by atoms with E-state index in [0.717, 1.165) is 39.9 Å². The number of hydrogen-bond acceptors (Lipinski definition) is 3. The third kappa shape index (κ3) is 3.72. The van der Waals surface area contributed by atoms with Gasteiger partial charge in [-0.2, -0.15) is 13.2 Å². The molecule has 2 unspecified atom stereocenters. The van der Waals surface area contributed by atoms with E-state index in [2.05, 4.69) is 5.32 Å². The van der Waals surface area contributed by atoms with Gasteiger partial charge in [0.1, 0.15) is 11.9 Å². The smallest absolute Gasteiger partial charge is 0.416 e. The maximum Gasteiger partial charge on any atom is 0.416 e. The number of anilines is 1. The van der Waals surface area contributed by atoms with Crippen LogP contribution in [0.25, 0.3) is 11.1 Å². The second-order valence-electron chi connectivity index (χ2n) is 8.06. The maximum absolute atomic E-state index is 14.8. The highest BCUT2D eigenvalue weighted by Crippen LogP contribution is 2.52. The Kier molecular flexibility index (Phi) is 5.44. The van der Waals surface area contributed by atoms with Crippen molar-refractivity contribution in [3.05, 3.63) is 88.7 Å². The number of aryl methyl sites for hydroxylation is 1. The van der Waals surface area contributed by atoms with Crippen molar-refractivity contribution in [2.24, 2.45) is 0 Å². The van der Waals surface area contributed by atoms with Gasteiger partial charge in [-0.1, -0.05) is 48.0 Å². The second kappa shape index (κ2) is 7.97. The van der Waals surface area contributed by atoms with Crippen LogP contribution in [0.5, 0.6) is 0 Å². The summed E-state index contributed by atoms with van der Waals surface area (Å²) < 4.78 is 59.9. The highest BCUT2D eigenvalue weighted by molar-refractivity contribution is 5.83. The first-order valence-corrected chi connectivity index (χ1v) is 10.1. The quantitative estimate of drug-likeness (QED) is 0.352. The summed E-state index contributed by atoms with van der Waals surface area (Å²) in [5, 5.41) is 3.09. The lowest BCUT2D eigenvalue weighted by molar-refractivity contribution is -0.137. The summed E-state index contributed by atoms with van der Waals surface area (Å²) in [7, 11) is 0. The van der Waals surface area contributed by atoms with E-state index in [1.54, 1.807) is 6.92 Å². The molecule has 166 valence electrons. The van der Waals surface area contributed by atoms with Crippen molar-refractivity contribution in [3.63, 3.8) is 0 Å². The fraction of sp³-hybridized carbons (Fsp3) is 0.240. The van der Waals surface area contributed by atoms with Gasteiger partial charge in [0.05, 0.1) is 16.8 Å². The molecular formula is C25H21F4NO2. The molecule has 1 aliphatic rings. The lowest BCUT2D eigenvalue weighted by atomic mass is 9.81. The van der Waals surface area contributed by atoms with Crippen molar-refractivity contribution in [2.75, 3.05) is 5.32 Å². The first kappa shape index (κ1) is 21.9. The molecule has 1 N–H and O–H groups in total. The number of halogens is 4. The summed E-state index contributed by atoms with van der Waals surface area (Å²) >= 11 is 0. The molecule has 0 radical (unpaired) electrons. The largest absolute Gasteiger partial charge is 0.465 e. The predicted molar refractivity (Wildman–Crippen MR) is 114 cm³/mol. The molecule has 0 heterocycles. The van der Waals surface area contributed by atoms with Crippen LogP contribution in [-0.2, 0) is 21.2 Å². The zero-order chi connectivity index (χ0) is 23.1. The van der Waals surface area contributed by atoms with Crippen LogP contribution >= 0.6 is 0 Å². The van der Waals surface area contributed by atoms with E-state index in [-0.39, 0.29) is 12.1 Å². The molecule has 3 aromatic rings. The van der Waals surface area contributed by atoms with Crippen LogP contribution in [0.2, 0.25) is 0 Å². The Hall–Kier alpha value is -3.35. The zero-order valence-corrected chi connectivity index (χ0v) is 17.5. The number of carbonyl (C=O) groups is 1. The molecule has 3 nitrogen and oxygen atoms in total. The number of benzene rings is 3. The fourth-order valence-electron chi connectivity index (χ4n) is 4.50. The highest BCUT2D eigenvalue weighted by atomic mass is 19.4. The van der Waals surface area contributed by atoms with E-state index in [4.69, 9.17) is 4.74 Å². The average Bonchev–Trinajstić information content (AvgIpc) is 2.98. The van der Waals surface area contributed by atoms with Crippen molar-refractivity contribution in [1.29, 1.82) is 0 Å². The lowest BCUT2D eigenvalue weighted by Crippen LogP contribution is -2.38. The van der Waals surface area contributed by atoms with Gasteiger partial charge in [0.25, 0.3) is 6.47 Å². The first-order valence-electron chi connectivity index (χ1n) is 10.1. The molecule has 0 aliphatic heterocycles. The summed E-state index contributed by atoms with van der Waals surface area (Å²) in [6.45, 7) is 3.97. The third-order valence-electron chi connectivity index (χ3n) is 5.84. The third-order valence-corrected chi connectivity index (χ3v) is 5.84. The van der Waals surface area contributed by atoms with Crippen LogP contribution in [0.15, 0.2) is 60.7 Å². The molecule has 4 rings (SSSR count). The Morgan fingerprint density at radius 3 is 2.47 bits per heavy atom. The van der Waals surface area contributed by atoms with Crippen molar-refractivity contribution in [3.8, 4) is 11.1 Å². The molecule has 0 aromatic heterocycles. The van der Waals surface area contributed by atoms with Crippen LogP contribution < -0.4 is 5.32 Å². The normalized spacial score (nSPS) is 17.9. The van der Waals surface area contributed by atoms with Gasteiger partial charge in [-0.15, -0.1) is 0 Å². The Labute approximate surface area is 183 Å². The summed E-state index contributed by atoms with van der Waals surface area (Å²) in [5.41, 5.74) is 2.03. The van der Waals surface area contributed by atoms with Gasteiger partial charge in [-0.25, -0.2) is 4.39 Å². The summed E-state index contributed by atoms with van der Waals surface area (Å²) in [4.78, 5) is 11.0. The molecule has 0 spiro atoms. The van der Waals surface area contributed by atoms with Gasteiger partial charge in [0.15, 0.2) is 0 Å². The predicted octanol–water partition coefficient (Wildman–Crippen LogP) is 6.44. The minimum atomic E-state index is -4.62. The van der Waals surface area contributed by atoms with E-state index in [1.165, 1.54) is 0 Å². The van der Waals surface area contributed by atoms with Crippen LogP contribution in [0.3, 0.4) is 0 Å². The first-order chi connectivity index (χ1) is 15.2. The second-order valence-corrected chi connectivity index (χ2v) is 8.06. The van der Waals surface area contributed by atoms with Crippen molar-refractivity contribution in [2.45, 2.75) is 38.1 Å². The van der Waals surface area contributed by atoms with E-state index >= 15 is 0 Å². The van der Waals surface area contributed by atoms with E-state index < -0.39 is 29.2 Å². The Bertz CT molecular complexity index is 1170. The van der Waals surface area contributed by atoms with Crippen LogP contribution in [0, 0.1) is 12.7 Å². The molecule has 7 heteroatoms. The molecular weight excluding hydrogens is 422 g/mol. The molecule has 0 fully saturated rings. The molecule has 3 aromatic carbocycles. The van der Waals surface area contributed by atoms with Crippen LogP contribution in [0.4, 0.5) is 23.2 Å². The molecule has 0 saturated carbocycles. The van der Waals surface area contributed by atoms with Crippen molar-refractivity contribution >= 4 is 12.2 Å². The van der Waals surface area contributed by atoms with Crippen LogP contribution in [0.1, 0.15) is 35.6 Å². The minimum Gasteiger partial charge on any atom is -0.465 e. The number of alkyl halides is 3. The molecule has 0 saturated heterocycles. The lowest BCUT2D eigenvalue weighted by Gasteiger charge is -2.36. The number of fused-ring (bicyclic) bond motifs is 3. The zero-order valence-electron chi connectivity index (χ0n) is 17.5. The topological polar surface area (TPSA) is 38.3 Å². The number of hydrogen-bond donors (Lipinski definition) is 1. The Morgan fingerprint density at radius 1 is 1.03 bits per heavy atom. The molecule has 1 aliphatic carbocycles. The standard InChI is InChI=1S/C25H21F4NO2/c1-15-7-9-21-19(11-15)18-5-3-4-6-20(18)24(21,13-16(2)32-14-31)30-23-12-17(25(27,28)29)8-10-22(23)26/h3-12,14,16,30H,13H2,1-2H3. The Morgan fingerprint density at radius 2 is 1.75 bits per heavy atom. The monoisotopic (exact) mass is 443 g/mol.